The van der Waals surface area contributed by atoms with E-state index < -0.39 is 0 Å². The standard InChI is InChI=1S/C55H59N3/c1-4-18-42(19-5-1)56(54-37-35-51-50-26-14-15-27-52(50)58(55(51)54)44-22-8-3-9-23-44)45-31-29-40(30-32-45)47-34-36-53(49-25-13-12-24-48(47)49)57(43-20-6-2-7-21-43)46-33-28-39-16-10-11-17-41(39)38-46/h4,8,12-14,18,20,22-26,29,34-39,41-42,45,54H,1-2,5-7,10-11,15-17,19,21,27-28,30-33H2. The number of aromatic nitrogens is 1. The van der Waals surface area contributed by atoms with Crippen LogP contribution in [-0.2, 0) is 6.42 Å². The summed E-state index contributed by atoms with van der Waals surface area (Å²) in [5.74, 6) is 1.65. The first kappa shape index (κ1) is 36.3. The SMILES string of the molecule is c1ccc(-n2c3c(c4c2C(N(C2C=CCCC2)C2CC=C(c5ccc(N(C6=CCCCC6)C6=CC7CCCCC7CC6)c6ccccc56)CC2)C=C4)C=CCC3)cc#1. The molecular formula is C55H59N3. The Bertz CT molecular complexity index is 2360. The van der Waals surface area contributed by atoms with E-state index in [9.17, 15) is 0 Å². The molecule has 4 aromatic rings. The van der Waals surface area contributed by atoms with E-state index in [1.807, 2.05) is 6.07 Å². The monoisotopic (exact) mass is 761 g/mol. The molecule has 1 aromatic heterocycles. The van der Waals surface area contributed by atoms with Crippen molar-refractivity contribution in [2.45, 2.75) is 134 Å². The molecule has 0 amide bonds. The Balaban J connectivity index is 0.943. The molecule has 11 rings (SSSR count). The quantitative estimate of drug-likeness (QED) is 0.166. The zero-order valence-corrected chi connectivity index (χ0v) is 34.3. The zero-order chi connectivity index (χ0) is 38.4. The van der Waals surface area contributed by atoms with Crippen molar-refractivity contribution in [2.24, 2.45) is 11.8 Å². The van der Waals surface area contributed by atoms with Gasteiger partial charge >= 0.3 is 0 Å². The molecule has 3 aromatic carbocycles. The molecule has 58 heavy (non-hydrogen) atoms. The Morgan fingerprint density at radius 1 is 0.672 bits per heavy atom. The van der Waals surface area contributed by atoms with E-state index in [0.29, 0.717) is 12.1 Å². The molecule has 5 unspecified atom stereocenters. The number of hydrogen-bond acceptors (Lipinski definition) is 2. The first-order valence-corrected chi connectivity index (χ1v) is 23.2. The highest BCUT2D eigenvalue weighted by atomic mass is 15.2. The number of allylic oxidation sites excluding steroid dienone is 7. The molecule has 7 aliphatic rings. The van der Waals surface area contributed by atoms with Crippen LogP contribution in [0.2, 0.25) is 0 Å². The Hall–Kier alpha value is -4.78. The summed E-state index contributed by atoms with van der Waals surface area (Å²) in [6.45, 7) is 0. The van der Waals surface area contributed by atoms with E-state index in [2.05, 4.69) is 130 Å². The third-order valence-electron chi connectivity index (χ3n) is 15.1. The number of nitrogens with zero attached hydrogens (tertiary/aromatic N) is 3. The van der Waals surface area contributed by atoms with Gasteiger partial charge in [-0.15, -0.1) is 0 Å². The fraction of sp³-hybridized carbons (Fsp3) is 0.418. The summed E-state index contributed by atoms with van der Waals surface area (Å²) in [6.07, 6.45) is 45.1. The van der Waals surface area contributed by atoms with E-state index in [1.165, 1.54) is 151 Å². The van der Waals surface area contributed by atoms with Crippen LogP contribution in [0.4, 0.5) is 5.69 Å². The average molecular weight is 762 g/mol. The second kappa shape index (κ2) is 15.8. The molecule has 0 radical (unpaired) electrons. The predicted octanol–water partition coefficient (Wildman–Crippen LogP) is 14.1. The minimum atomic E-state index is 0.240. The van der Waals surface area contributed by atoms with Crippen LogP contribution in [-0.4, -0.2) is 21.6 Å². The maximum absolute atomic E-state index is 3.28. The summed E-state index contributed by atoms with van der Waals surface area (Å²) in [5.41, 5.74) is 14.5. The number of anilines is 1. The van der Waals surface area contributed by atoms with Gasteiger partial charge in [-0.05, 0) is 149 Å². The minimum absolute atomic E-state index is 0.240. The molecule has 7 aliphatic carbocycles. The molecule has 3 heteroatoms. The van der Waals surface area contributed by atoms with Gasteiger partial charge in [0.15, 0.2) is 0 Å². The van der Waals surface area contributed by atoms with E-state index in [0.717, 1.165) is 37.5 Å². The van der Waals surface area contributed by atoms with Crippen LogP contribution in [0.25, 0.3) is 34.2 Å². The number of benzene rings is 2. The third-order valence-corrected chi connectivity index (χ3v) is 15.1. The Morgan fingerprint density at radius 2 is 1.62 bits per heavy atom. The van der Waals surface area contributed by atoms with Gasteiger partial charge in [-0.25, -0.2) is 0 Å². The Labute approximate surface area is 347 Å². The normalized spacial score (nSPS) is 26.4. The zero-order valence-electron chi connectivity index (χ0n) is 34.3. The molecule has 0 N–H and O–H groups in total. The largest absolute Gasteiger partial charge is 0.318 e. The van der Waals surface area contributed by atoms with Crippen LogP contribution in [0, 0.1) is 24.0 Å². The van der Waals surface area contributed by atoms with Gasteiger partial charge in [0.2, 0.25) is 0 Å². The van der Waals surface area contributed by atoms with Crippen molar-refractivity contribution in [2.75, 3.05) is 4.90 Å². The lowest BCUT2D eigenvalue weighted by atomic mass is 9.73. The predicted molar refractivity (Wildman–Crippen MR) is 243 cm³/mol. The smallest absolute Gasteiger partial charge is 0.0706 e. The number of fused-ring (bicyclic) bond motifs is 5. The molecule has 0 bridgehead atoms. The van der Waals surface area contributed by atoms with E-state index >= 15 is 0 Å². The van der Waals surface area contributed by atoms with Crippen molar-refractivity contribution in [3.63, 3.8) is 0 Å². The highest BCUT2D eigenvalue weighted by Crippen LogP contribution is 2.48. The van der Waals surface area contributed by atoms with Gasteiger partial charge in [-0.3, -0.25) is 4.90 Å². The lowest BCUT2D eigenvalue weighted by Gasteiger charge is -2.43. The van der Waals surface area contributed by atoms with Crippen molar-refractivity contribution >= 4 is 34.2 Å². The molecule has 1 fully saturated rings. The van der Waals surface area contributed by atoms with Crippen LogP contribution in [0.5, 0.6) is 0 Å². The van der Waals surface area contributed by atoms with Crippen molar-refractivity contribution in [1.29, 1.82) is 0 Å². The third kappa shape index (κ3) is 6.48. The molecule has 5 atom stereocenters. The van der Waals surface area contributed by atoms with Crippen LogP contribution in [0.15, 0.2) is 109 Å². The maximum atomic E-state index is 3.28. The molecule has 294 valence electrons. The highest BCUT2D eigenvalue weighted by molar-refractivity contribution is 6.02. The molecule has 0 aliphatic heterocycles. The van der Waals surface area contributed by atoms with Gasteiger partial charge in [0, 0.05) is 51.8 Å². The highest BCUT2D eigenvalue weighted by Gasteiger charge is 2.39. The summed E-state index contributed by atoms with van der Waals surface area (Å²) in [5, 5.41) is 2.83. The second-order valence-corrected chi connectivity index (χ2v) is 18.3. The molecule has 0 spiro atoms. The fourth-order valence-electron chi connectivity index (χ4n) is 12.3. The van der Waals surface area contributed by atoms with Gasteiger partial charge in [0.25, 0.3) is 0 Å². The van der Waals surface area contributed by atoms with Crippen molar-refractivity contribution in [3.8, 4) is 5.69 Å². The summed E-state index contributed by atoms with van der Waals surface area (Å²) < 4.78 is 2.60. The fourth-order valence-corrected chi connectivity index (χ4v) is 12.3. The van der Waals surface area contributed by atoms with Crippen LogP contribution >= 0.6 is 0 Å². The van der Waals surface area contributed by atoms with E-state index in [4.69, 9.17) is 0 Å². The Morgan fingerprint density at radius 3 is 2.47 bits per heavy atom. The summed E-state index contributed by atoms with van der Waals surface area (Å²) in [7, 11) is 0. The lowest BCUT2D eigenvalue weighted by molar-refractivity contribution is 0.106. The molecule has 1 heterocycles. The van der Waals surface area contributed by atoms with Crippen molar-refractivity contribution in [3.05, 3.63) is 149 Å². The molecule has 1 saturated carbocycles. The van der Waals surface area contributed by atoms with Gasteiger partial charge < -0.3 is 9.47 Å². The number of hydrogen-bond donors (Lipinski definition) is 0. The number of rotatable bonds is 8. The summed E-state index contributed by atoms with van der Waals surface area (Å²) in [6, 6.07) is 28.3. The van der Waals surface area contributed by atoms with Gasteiger partial charge in [0.1, 0.15) is 0 Å². The van der Waals surface area contributed by atoms with Crippen LogP contribution in [0.1, 0.15) is 143 Å². The molecule has 3 nitrogen and oxygen atoms in total. The summed E-state index contributed by atoms with van der Waals surface area (Å²) >= 11 is 0. The first-order chi connectivity index (χ1) is 28.8. The Kier molecular flexibility index (Phi) is 9.87. The first-order valence-electron chi connectivity index (χ1n) is 23.2. The molecular weight excluding hydrogens is 703 g/mol. The maximum Gasteiger partial charge on any atom is 0.0706 e. The van der Waals surface area contributed by atoms with Crippen molar-refractivity contribution < 1.29 is 0 Å². The van der Waals surface area contributed by atoms with E-state index in [-0.39, 0.29) is 6.04 Å². The van der Waals surface area contributed by atoms with Gasteiger partial charge in [-0.2, -0.15) is 0 Å². The van der Waals surface area contributed by atoms with Gasteiger partial charge in [0.05, 0.1) is 23.1 Å². The average Bonchev–Trinajstić information content (AvgIpc) is 3.86. The van der Waals surface area contributed by atoms with Gasteiger partial charge in [-0.1, -0.05) is 110 Å². The summed E-state index contributed by atoms with van der Waals surface area (Å²) in [4.78, 5) is 5.68. The van der Waals surface area contributed by atoms with Crippen LogP contribution in [0.3, 0.4) is 0 Å². The second-order valence-electron chi connectivity index (χ2n) is 18.3. The minimum Gasteiger partial charge on any atom is -0.318 e. The topological polar surface area (TPSA) is 11.4 Å². The molecule has 0 saturated heterocycles. The van der Waals surface area contributed by atoms with Crippen molar-refractivity contribution in [1.82, 2.24) is 9.47 Å². The van der Waals surface area contributed by atoms with Crippen LogP contribution < -0.4 is 4.90 Å². The van der Waals surface area contributed by atoms with E-state index in [1.54, 1.807) is 5.70 Å². The lowest BCUT2D eigenvalue weighted by Crippen LogP contribution is -2.45.